The number of hydrogen-bond acceptors (Lipinski definition) is 5. The summed E-state index contributed by atoms with van der Waals surface area (Å²) in [5, 5.41) is 8.10. The molecular formula is C26H27F10N3O4. The van der Waals surface area contributed by atoms with E-state index < -0.39 is 48.2 Å². The van der Waals surface area contributed by atoms with Gasteiger partial charge in [-0.05, 0) is 68.7 Å². The average Bonchev–Trinajstić information content (AvgIpc) is 2.87. The molecule has 0 aliphatic rings. The van der Waals surface area contributed by atoms with E-state index in [4.69, 9.17) is 0 Å². The van der Waals surface area contributed by atoms with E-state index in [2.05, 4.69) is 25.4 Å². The molecule has 0 saturated carbocycles. The van der Waals surface area contributed by atoms with Crippen LogP contribution in [0.2, 0.25) is 0 Å². The molecule has 43 heavy (non-hydrogen) atoms. The topological polar surface area (TPSA) is 88.7 Å². The molecular weight excluding hydrogens is 608 g/mol. The van der Waals surface area contributed by atoms with Gasteiger partial charge in [0.05, 0.1) is 11.1 Å². The molecule has 2 rings (SSSR count). The summed E-state index contributed by atoms with van der Waals surface area (Å²) in [6, 6.07) is 5.08. The molecule has 0 spiro atoms. The number of nitrogens with one attached hydrogen (secondary N) is 3. The zero-order chi connectivity index (χ0) is 33.1. The van der Waals surface area contributed by atoms with Gasteiger partial charge in [-0.1, -0.05) is 6.92 Å². The van der Waals surface area contributed by atoms with Crippen LogP contribution in [0, 0.1) is 6.92 Å². The predicted octanol–water partition coefficient (Wildman–Crippen LogP) is 7.06. The maximum absolute atomic E-state index is 14.0. The fourth-order valence-corrected chi connectivity index (χ4v) is 3.70. The number of carbonyl (C=O) groups is 2. The first-order valence-electron chi connectivity index (χ1n) is 12.4. The van der Waals surface area contributed by atoms with Gasteiger partial charge in [0.15, 0.2) is 0 Å². The van der Waals surface area contributed by atoms with E-state index in [1.165, 1.54) is 13.0 Å². The third kappa shape index (κ3) is 7.80. The van der Waals surface area contributed by atoms with Crippen molar-refractivity contribution < 1.29 is 63.0 Å². The predicted molar refractivity (Wildman–Crippen MR) is 135 cm³/mol. The molecule has 0 heterocycles. The largest absolute Gasteiger partial charge is 0.462 e. The molecule has 2 aromatic rings. The van der Waals surface area contributed by atoms with Gasteiger partial charge in [-0.25, -0.2) is 4.39 Å². The Hall–Kier alpha value is -3.76. The fraction of sp³-hybridized carbons (Fsp3) is 0.462. The second kappa shape index (κ2) is 12.9. The van der Waals surface area contributed by atoms with Crippen molar-refractivity contribution in [2.75, 3.05) is 17.7 Å². The summed E-state index contributed by atoms with van der Waals surface area (Å²) in [7, 11) is 1.62. The molecule has 0 aliphatic carbocycles. The van der Waals surface area contributed by atoms with Gasteiger partial charge in [0, 0.05) is 24.5 Å². The van der Waals surface area contributed by atoms with Crippen LogP contribution in [-0.4, -0.2) is 55.6 Å². The number of carbonyl (C=O) groups excluding carboxylic acids is 2. The molecule has 7 nitrogen and oxygen atoms in total. The number of benzene rings is 2. The van der Waals surface area contributed by atoms with Crippen LogP contribution in [0.15, 0.2) is 30.3 Å². The number of halogens is 10. The monoisotopic (exact) mass is 635 g/mol. The zero-order valence-corrected chi connectivity index (χ0v) is 23.2. The Morgan fingerprint density at radius 3 is 1.98 bits per heavy atom. The highest BCUT2D eigenvalue weighted by molar-refractivity contribution is 6.13. The van der Waals surface area contributed by atoms with Crippen molar-refractivity contribution in [1.29, 1.82) is 0 Å². The minimum Gasteiger partial charge on any atom is -0.429 e. The molecule has 0 aromatic heterocycles. The van der Waals surface area contributed by atoms with Crippen molar-refractivity contribution in [2.45, 2.75) is 70.8 Å². The number of hydrogen-bond donors (Lipinski definition) is 3. The number of ether oxygens (including phenoxy) is 2. The molecule has 0 saturated heterocycles. The van der Waals surface area contributed by atoms with Crippen LogP contribution < -0.4 is 20.7 Å². The van der Waals surface area contributed by atoms with Gasteiger partial charge in [0.2, 0.25) is 0 Å². The molecule has 1 unspecified atom stereocenters. The molecule has 240 valence electrons. The highest BCUT2D eigenvalue weighted by Crippen LogP contribution is 2.48. The Bertz CT molecular complexity index is 1330. The highest BCUT2D eigenvalue weighted by atomic mass is 19.4. The molecule has 2 aromatic carbocycles. The lowest BCUT2D eigenvalue weighted by Crippen LogP contribution is -2.56. The highest BCUT2D eigenvalue weighted by Gasteiger charge is 2.76. The van der Waals surface area contributed by atoms with Gasteiger partial charge >= 0.3 is 30.7 Å². The third-order valence-corrected chi connectivity index (χ3v) is 5.76. The quantitative estimate of drug-likeness (QED) is 0.218. The van der Waals surface area contributed by atoms with Crippen molar-refractivity contribution in [2.24, 2.45) is 0 Å². The Kier molecular flexibility index (Phi) is 10.6. The van der Waals surface area contributed by atoms with Crippen LogP contribution in [0.3, 0.4) is 0 Å². The number of anilines is 2. The molecule has 0 aliphatic heterocycles. The average molecular weight is 635 g/mol. The van der Waals surface area contributed by atoms with Crippen molar-refractivity contribution in [3.8, 4) is 5.75 Å². The maximum atomic E-state index is 14.0. The van der Waals surface area contributed by atoms with E-state index >= 15 is 0 Å². The summed E-state index contributed by atoms with van der Waals surface area (Å²) in [6.07, 6.45) is -23.5. The molecule has 2 amide bonds. The summed E-state index contributed by atoms with van der Waals surface area (Å²) < 4.78 is 137. The lowest BCUT2D eigenvalue weighted by Gasteiger charge is -2.30. The van der Waals surface area contributed by atoms with E-state index in [-0.39, 0.29) is 28.4 Å². The standard InChI is InChI=1S/C26H27F10N3O4/c1-6-15-18(37-5)10-8-16(19(15)21(41)38-12(2)3)20(40)39-17-9-7-14(11-13(17)4)42-23(28,29)22(27)43-26(35,36)24(30,31)25(32,33)34/h7-12,22,37H,6H2,1-5H3,(H,38,41)(H,39,40). The minimum atomic E-state index is -7.00. The van der Waals surface area contributed by atoms with E-state index in [0.717, 1.165) is 12.1 Å². The molecule has 0 fully saturated rings. The van der Waals surface area contributed by atoms with Crippen molar-refractivity contribution in [3.63, 3.8) is 0 Å². The van der Waals surface area contributed by atoms with Crippen LogP contribution in [0.25, 0.3) is 0 Å². The van der Waals surface area contributed by atoms with Crippen molar-refractivity contribution in [1.82, 2.24) is 5.32 Å². The molecule has 3 N–H and O–H groups in total. The summed E-state index contributed by atoms with van der Waals surface area (Å²) in [5.41, 5.74) is 1.08. The fourth-order valence-electron chi connectivity index (χ4n) is 3.70. The molecule has 0 radical (unpaired) electrons. The first-order valence-corrected chi connectivity index (χ1v) is 12.4. The van der Waals surface area contributed by atoms with E-state index in [0.29, 0.717) is 23.7 Å². The van der Waals surface area contributed by atoms with Crippen molar-refractivity contribution in [3.05, 3.63) is 52.6 Å². The lowest BCUT2D eigenvalue weighted by molar-refractivity contribution is -0.460. The molecule has 1 atom stereocenters. The smallest absolute Gasteiger partial charge is 0.429 e. The Labute approximate surface area is 238 Å². The second-order valence-electron chi connectivity index (χ2n) is 9.36. The van der Waals surface area contributed by atoms with Crippen LogP contribution in [0.5, 0.6) is 5.75 Å². The molecule has 0 bridgehead atoms. The van der Waals surface area contributed by atoms with Gasteiger partial charge in [0.25, 0.3) is 11.8 Å². The van der Waals surface area contributed by atoms with Gasteiger partial charge in [-0.3, -0.25) is 14.3 Å². The van der Waals surface area contributed by atoms with Crippen LogP contribution in [0.1, 0.15) is 52.6 Å². The Balaban J connectivity index is 2.31. The summed E-state index contributed by atoms with van der Waals surface area (Å²) in [4.78, 5) is 26.2. The summed E-state index contributed by atoms with van der Waals surface area (Å²) >= 11 is 0. The van der Waals surface area contributed by atoms with Gasteiger partial charge in [0.1, 0.15) is 5.75 Å². The Morgan fingerprint density at radius 1 is 0.907 bits per heavy atom. The van der Waals surface area contributed by atoms with Gasteiger partial charge in [-0.15, -0.1) is 0 Å². The number of rotatable bonds is 12. The third-order valence-electron chi connectivity index (χ3n) is 5.76. The van der Waals surface area contributed by atoms with Crippen LogP contribution in [-0.2, 0) is 11.2 Å². The van der Waals surface area contributed by atoms with E-state index in [1.807, 2.05) is 0 Å². The summed E-state index contributed by atoms with van der Waals surface area (Å²) in [6.45, 7) is 6.43. The maximum Gasteiger partial charge on any atom is 0.462 e. The van der Waals surface area contributed by atoms with Crippen LogP contribution in [0.4, 0.5) is 55.3 Å². The molecule has 17 heteroatoms. The Morgan fingerprint density at radius 2 is 1.49 bits per heavy atom. The first-order chi connectivity index (χ1) is 19.6. The first kappa shape index (κ1) is 35.4. The number of alkyl halides is 10. The SMILES string of the molecule is CCc1c(NC)ccc(C(=O)Nc2ccc(OC(F)(F)C(F)OC(F)(F)C(F)(F)C(F)(F)F)cc2C)c1C(=O)NC(C)C. The lowest BCUT2D eigenvalue weighted by atomic mass is 9.95. The van der Waals surface area contributed by atoms with E-state index in [1.54, 1.807) is 33.9 Å². The minimum absolute atomic E-state index is 0.0253. The van der Waals surface area contributed by atoms with Crippen molar-refractivity contribution >= 4 is 23.2 Å². The van der Waals surface area contributed by atoms with E-state index in [9.17, 15) is 53.5 Å². The van der Waals surface area contributed by atoms with Gasteiger partial charge in [-0.2, -0.15) is 39.5 Å². The zero-order valence-electron chi connectivity index (χ0n) is 23.2. The second-order valence-corrected chi connectivity index (χ2v) is 9.36. The summed E-state index contributed by atoms with van der Waals surface area (Å²) in [5.74, 6) is -9.30. The van der Waals surface area contributed by atoms with Gasteiger partial charge < -0.3 is 20.7 Å². The number of aryl methyl sites for hydroxylation is 1. The number of amides is 2. The van der Waals surface area contributed by atoms with Crippen LogP contribution >= 0.6 is 0 Å². The normalized spacial score (nSPS) is 13.5.